The second-order valence-electron chi connectivity index (χ2n) is 6.26. The Hall–Kier alpha value is -1.18. The third-order valence-electron chi connectivity index (χ3n) is 5.10. The molecule has 0 atom stereocenters. The summed E-state index contributed by atoms with van der Waals surface area (Å²) in [5, 5.41) is 0. The first-order chi connectivity index (χ1) is 8.71. The number of hydrogen-bond donors (Lipinski definition) is 1. The molecule has 3 rings (SSSR count). The molecule has 0 radical (unpaired) electrons. The Morgan fingerprint density at radius 3 is 2.33 bits per heavy atom. The van der Waals surface area contributed by atoms with E-state index in [1.54, 1.807) is 0 Å². The maximum absolute atomic E-state index is 5.74. The molecule has 1 saturated carbocycles. The van der Waals surface area contributed by atoms with Crippen LogP contribution in [0.5, 0.6) is 0 Å². The normalized spacial score (nSPS) is 23.1. The average Bonchev–Trinajstić information content (AvgIpc) is 2.37. The Morgan fingerprint density at radius 2 is 1.78 bits per heavy atom. The zero-order valence-electron chi connectivity index (χ0n) is 11.4. The van der Waals surface area contributed by atoms with Crippen LogP contribution < -0.4 is 10.6 Å². The van der Waals surface area contributed by atoms with Crippen molar-refractivity contribution in [1.82, 2.24) is 0 Å². The molecule has 1 aromatic rings. The van der Waals surface area contributed by atoms with Crippen LogP contribution in [-0.4, -0.2) is 13.1 Å². The van der Waals surface area contributed by atoms with Gasteiger partial charge in [0.2, 0.25) is 0 Å². The lowest BCUT2D eigenvalue weighted by Gasteiger charge is -2.52. The Bertz CT molecular complexity index is 394. The molecule has 1 heterocycles. The first-order valence-electron chi connectivity index (χ1n) is 7.31. The molecule has 1 spiro atoms. The summed E-state index contributed by atoms with van der Waals surface area (Å²) in [6.45, 7) is 4.78. The predicted molar refractivity (Wildman–Crippen MR) is 77.7 cm³/mol. The van der Waals surface area contributed by atoms with Gasteiger partial charge in [-0.05, 0) is 61.3 Å². The standard InChI is InChI=1S/C16H24N2/c1-2-13-11-16(12-13)7-9-18(10-8-16)15-5-3-14(17)4-6-15/h3-6,13H,2,7-12,17H2,1H3. The number of nitrogens with two attached hydrogens (primary N) is 1. The van der Waals surface area contributed by atoms with Crippen LogP contribution in [0.4, 0.5) is 11.4 Å². The molecule has 0 aromatic heterocycles. The third-order valence-corrected chi connectivity index (χ3v) is 5.10. The maximum Gasteiger partial charge on any atom is 0.0367 e. The maximum atomic E-state index is 5.74. The van der Waals surface area contributed by atoms with E-state index in [0.717, 1.165) is 11.6 Å². The highest BCUT2D eigenvalue weighted by molar-refractivity contribution is 5.53. The van der Waals surface area contributed by atoms with Crippen LogP contribution in [0.2, 0.25) is 0 Å². The van der Waals surface area contributed by atoms with E-state index in [-0.39, 0.29) is 0 Å². The van der Waals surface area contributed by atoms with E-state index in [0.29, 0.717) is 5.41 Å². The van der Waals surface area contributed by atoms with Crippen LogP contribution in [0, 0.1) is 11.3 Å². The largest absolute Gasteiger partial charge is 0.399 e. The second kappa shape index (κ2) is 4.49. The number of rotatable bonds is 2. The molecule has 0 amide bonds. The molecular weight excluding hydrogens is 220 g/mol. The first-order valence-corrected chi connectivity index (χ1v) is 7.31. The lowest BCUT2D eigenvalue weighted by Crippen LogP contribution is -2.47. The first kappa shape index (κ1) is 11.9. The Balaban J connectivity index is 1.59. The fraction of sp³-hybridized carbons (Fsp3) is 0.625. The summed E-state index contributed by atoms with van der Waals surface area (Å²) >= 11 is 0. The smallest absolute Gasteiger partial charge is 0.0367 e. The van der Waals surface area contributed by atoms with Gasteiger partial charge in [-0.3, -0.25) is 0 Å². The van der Waals surface area contributed by atoms with Crippen molar-refractivity contribution in [3.05, 3.63) is 24.3 Å². The highest BCUT2D eigenvalue weighted by atomic mass is 15.1. The SMILES string of the molecule is CCC1CC2(CCN(c3ccc(N)cc3)CC2)C1. The molecule has 18 heavy (non-hydrogen) atoms. The highest BCUT2D eigenvalue weighted by Crippen LogP contribution is 2.53. The molecule has 0 unspecified atom stereocenters. The molecule has 1 aliphatic carbocycles. The van der Waals surface area contributed by atoms with Crippen LogP contribution in [0.1, 0.15) is 39.0 Å². The zero-order chi connectivity index (χ0) is 12.6. The molecule has 1 aliphatic heterocycles. The lowest BCUT2D eigenvalue weighted by atomic mass is 9.57. The van der Waals surface area contributed by atoms with Crippen molar-refractivity contribution in [2.45, 2.75) is 39.0 Å². The van der Waals surface area contributed by atoms with E-state index in [4.69, 9.17) is 5.73 Å². The van der Waals surface area contributed by atoms with Crippen LogP contribution >= 0.6 is 0 Å². The van der Waals surface area contributed by atoms with Gasteiger partial charge in [-0.1, -0.05) is 13.3 Å². The molecule has 0 bridgehead atoms. The lowest BCUT2D eigenvalue weighted by molar-refractivity contribution is 0.0262. The quantitative estimate of drug-likeness (QED) is 0.804. The Labute approximate surface area is 110 Å². The Morgan fingerprint density at radius 1 is 1.17 bits per heavy atom. The Kier molecular flexibility index (Phi) is 2.96. The van der Waals surface area contributed by atoms with Gasteiger partial charge < -0.3 is 10.6 Å². The van der Waals surface area contributed by atoms with Crippen LogP contribution in [-0.2, 0) is 0 Å². The van der Waals surface area contributed by atoms with E-state index < -0.39 is 0 Å². The monoisotopic (exact) mass is 244 g/mol. The number of nitrogen functional groups attached to an aromatic ring is 1. The summed E-state index contributed by atoms with van der Waals surface area (Å²) in [5.41, 5.74) is 8.65. The van der Waals surface area contributed by atoms with Crippen LogP contribution in [0.3, 0.4) is 0 Å². The van der Waals surface area contributed by atoms with E-state index in [1.807, 2.05) is 12.1 Å². The van der Waals surface area contributed by atoms with Crippen LogP contribution in [0.15, 0.2) is 24.3 Å². The fourth-order valence-corrected chi connectivity index (χ4v) is 3.79. The minimum atomic E-state index is 0.713. The van der Waals surface area contributed by atoms with Crippen molar-refractivity contribution in [3.63, 3.8) is 0 Å². The van der Waals surface area contributed by atoms with E-state index in [9.17, 15) is 0 Å². The summed E-state index contributed by atoms with van der Waals surface area (Å²) < 4.78 is 0. The number of hydrogen-bond acceptors (Lipinski definition) is 2. The third kappa shape index (κ3) is 2.09. The number of piperidine rings is 1. The van der Waals surface area contributed by atoms with E-state index in [1.165, 1.54) is 50.9 Å². The van der Waals surface area contributed by atoms with Gasteiger partial charge in [0.05, 0.1) is 0 Å². The van der Waals surface area contributed by atoms with Crippen molar-refractivity contribution >= 4 is 11.4 Å². The minimum Gasteiger partial charge on any atom is -0.399 e. The number of benzene rings is 1. The average molecular weight is 244 g/mol. The molecule has 2 nitrogen and oxygen atoms in total. The van der Waals surface area contributed by atoms with Crippen molar-refractivity contribution in [2.24, 2.45) is 11.3 Å². The highest BCUT2D eigenvalue weighted by Gasteiger charge is 2.44. The second-order valence-corrected chi connectivity index (χ2v) is 6.26. The van der Waals surface area contributed by atoms with E-state index in [2.05, 4.69) is 24.0 Å². The number of nitrogens with zero attached hydrogens (tertiary/aromatic N) is 1. The van der Waals surface area contributed by atoms with E-state index >= 15 is 0 Å². The summed E-state index contributed by atoms with van der Waals surface area (Å²) in [6, 6.07) is 8.33. The minimum absolute atomic E-state index is 0.713. The molecule has 1 saturated heterocycles. The summed E-state index contributed by atoms with van der Waals surface area (Å²) in [7, 11) is 0. The molecule has 2 aliphatic rings. The van der Waals surface area contributed by atoms with Crippen molar-refractivity contribution in [2.75, 3.05) is 23.7 Å². The van der Waals surface area contributed by atoms with Gasteiger partial charge in [0.15, 0.2) is 0 Å². The van der Waals surface area contributed by atoms with Crippen molar-refractivity contribution < 1.29 is 0 Å². The van der Waals surface area contributed by atoms with Gasteiger partial charge in [0, 0.05) is 24.5 Å². The predicted octanol–water partition coefficient (Wildman–Crippen LogP) is 3.68. The van der Waals surface area contributed by atoms with Gasteiger partial charge in [-0.2, -0.15) is 0 Å². The zero-order valence-corrected chi connectivity index (χ0v) is 11.4. The van der Waals surface area contributed by atoms with Crippen LogP contribution in [0.25, 0.3) is 0 Å². The molecular formula is C16H24N2. The van der Waals surface area contributed by atoms with Crippen molar-refractivity contribution in [1.29, 1.82) is 0 Å². The molecule has 1 aromatic carbocycles. The van der Waals surface area contributed by atoms with Crippen molar-refractivity contribution in [3.8, 4) is 0 Å². The molecule has 98 valence electrons. The van der Waals surface area contributed by atoms with Gasteiger partial charge in [0.1, 0.15) is 0 Å². The summed E-state index contributed by atoms with van der Waals surface area (Å²) in [4.78, 5) is 2.52. The summed E-state index contributed by atoms with van der Waals surface area (Å²) in [6.07, 6.45) is 7.11. The number of anilines is 2. The molecule has 2 N–H and O–H groups in total. The van der Waals surface area contributed by atoms with Gasteiger partial charge in [-0.15, -0.1) is 0 Å². The van der Waals surface area contributed by atoms with Gasteiger partial charge in [0.25, 0.3) is 0 Å². The topological polar surface area (TPSA) is 29.3 Å². The van der Waals surface area contributed by atoms with Gasteiger partial charge in [-0.25, -0.2) is 0 Å². The molecule has 2 heteroatoms. The molecule has 2 fully saturated rings. The fourth-order valence-electron chi connectivity index (χ4n) is 3.79. The van der Waals surface area contributed by atoms with Gasteiger partial charge >= 0.3 is 0 Å². The summed E-state index contributed by atoms with van der Waals surface area (Å²) in [5.74, 6) is 1.02.